The summed E-state index contributed by atoms with van der Waals surface area (Å²) in [5.41, 5.74) is 0.894. The number of para-hydroxylation sites is 1. The molecule has 1 aromatic rings. The zero-order valence-corrected chi connectivity index (χ0v) is 11.7. The van der Waals surface area contributed by atoms with Crippen LogP contribution in [0.1, 0.15) is 0 Å². The van der Waals surface area contributed by atoms with E-state index in [9.17, 15) is 4.79 Å². The molecule has 0 aliphatic carbocycles. The first-order chi connectivity index (χ1) is 8.25. The number of amides is 1. The van der Waals surface area contributed by atoms with Gasteiger partial charge in [-0.1, -0.05) is 12.1 Å². The van der Waals surface area contributed by atoms with Crippen molar-refractivity contribution in [2.45, 2.75) is 0 Å². The predicted molar refractivity (Wildman–Crippen MR) is 74.2 cm³/mol. The van der Waals surface area contributed by atoms with Crippen molar-refractivity contribution >= 4 is 34.2 Å². The SMILES string of the molecule is O=C(C[NH+]1CCOCC1)Nc1ccccc1I. The fraction of sp³-hybridized carbons (Fsp3) is 0.417. The van der Waals surface area contributed by atoms with Crippen molar-refractivity contribution in [1.29, 1.82) is 0 Å². The number of anilines is 1. The lowest BCUT2D eigenvalue weighted by Crippen LogP contribution is -3.15. The molecular formula is C12H16IN2O2+. The summed E-state index contributed by atoms with van der Waals surface area (Å²) in [4.78, 5) is 13.1. The molecule has 0 saturated carbocycles. The van der Waals surface area contributed by atoms with E-state index in [2.05, 4.69) is 27.9 Å². The highest BCUT2D eigenvalue weighted by atomic mass is 127. The van der Waals surface area contributed by atoms with Gasteiger partial charge in [0.05, 0.1) is 18.9 Å². The molecule has 1 aliphatic heterocycles. The molecule has 0 atom stereocenters. The topological polar surface area (TPSA) is 42.8 Å². The lowest BCUT2D eigenvalue weighted by Gasteiger charge is -2.23. The van der Waals surface area contributed by atoms with Crippen LogP contribution in [0, 0.1) is 3.57 Å². The number of hydrogen-bond donors (Lipinski definition) is 2. The van der Waals surface area contributed by atoms with Crippen LogP contribution in [-0.4, -0.2) is 38.8 Å². The summed E-state index contributed by atoms with van der Waals surface area (Å²) in [6.45, 7) is 3.86. The fourth-order valence-electron chi connectivity index (χ4n) is 1.82. The third-order valence-electron chi connectivity index (χ3n) is 2.76. The molecule has 1 saturated heterocycles. The minimum Gasteiger partial charge on any atom is -0.370 e. The Labute approximate surface area is 114 Å². The van der Waals surface area contributed by atoms with Crippen LogP contribution in [-0.2, 0) is 9.53 Å². The highest BCUT2D eigenvalue weighted by Gasteiger charge is 2.17. The van der Waals surface area contributed by atoms with E-state index in [1.165, 1.54) is 4.90 Å². The van der Waals surface area contributed by atoms with Crippen LogP contribution in [0.5, 0.6) is 0 Å². The Morgan fingerprint density at radius 1 is 1.35 bits per heavy atom. The molecule has 0 spiro atoms. The second kappa shape index (κ2) is 6.32. The maximum absolute atomic E-state index is 11.9. The van der Waals surface area contributed by atoms with E-state index < -0.39 is 0 Å². The van der Waals surface area contributed by atoms with Gasteiger partial charge in [-0.15, -0.1) is 0 Å². The van der Waals surface area contributed by atoms with Gasteiger partial charge in [-0.3, -0.25) is 4.79 Å². The third-order valence-corrected chi connectivity index (χ3v) is 3.70. The third kappa shape index (κ3) is 3.93. The zero-order valence-electron chi connectivity index (χ0n) is 9.54. The Kier molecular flexibility index (Phi) is 4.75. The van der Waals surface area contributed by atoms with Crippen molar-refractivity contribution in [2.75, 3.05) is 38.2 Å². The Morgan fingerprint density at radius 2 is 2.06 bits per heavy atom. The molecule has 2 rings (SSSR count). The van der Waals surface area contributed by atoms with Crippen LogP contribution in [0.4, 0.5) is 5.69 Å². The Balaban J connectivity index is 1.86. The summed E-state index contributed by atoms with van der Waals surface area (Å²) >= 11 is 2.22. The van der Waals surface area contributed by atoms with E-state index in [4.69, 9.17) is 4.74 Å². The number of nitrogens with one attached hydrogen (secondary N) is 2. The number of carbonyl (C=O) groups excluding carboxylic acids is 1. The molecule has 1 aromatic carbocycles. The summed E-state index contributed by atoms with van der Waals surface area (Å²) in [6, 6.07) is 7.80. The van der Waals surface area contributed by atoms with Crippen molar-refractivity contribution in [3.63, 3.8) is 0 Å². The number of halogens is 1. The van der Waals surface area contributed by atoms with E-state index in [1.807, 2.05) is 24.3 Å². The first-order valence-corrected chi connectivity index (χ1v) is 6.79. The molecule has 1 amide bonds. The van der Waals surface area contributed by atoms with Gasteiger partial charge in [0, 0.05) is 3.57 Å². The minimum atomic E-state index is 0.0750. The van der Waals surface area contributed by atoms with Gasteiger partial charge in [-0.05, 0) is 34.7 Å². The van der Waals surface area contributed by atoms with Gasteiger partial charge in [0.2, 0.25) is 0 Å². The molecule has 17 heavy (non-hydrogen) atoms. The first-order valence-electron chi connectivity index (χ1n) is 5.71. The number of carbonyl (C=O) groups is 1. The molecule has 4 nitrogen and oxygen atoms in total. The molecule has 0 aromatic heterocycles. The monoisotopic (exact) mass is 347 g/mol. The number of rotatable bonds is 3. The van der Waals surface area contributed by atoms with Crippen LogP contribution in [0.25, 0.3) is 0 Å². The van der Waals surface area contributed by atoms with Gasteiger partial charge in [0.15, 0.2) is 6.54 Å². The summed E-state index contributed by atoms with van der Waals surface area (Å²) in [5.74, 6) is 0.0750. The average molecular weight is 347 g/mol. The predicted octanol–water partition coefficient (Wildman–Crippen LogP) is 0.145. The Hall–Kier alpha value is -0.660. The van der Waals surface area contributed by atoms with E-state index in [0.29, 0.717) is 6.54 Å². The summed E-state index contributed by atoms with van der Waals surface area (Å²) in [7, 11) is 0. The molecule has 5 heteroatoms. The highest BCUT2D eigenvalue weighted by molar-refractivity contribution is 14.1. The number of hydrogen-bond acceptors (Lipinski definition) is 2. The van der Waals surface area contributed by atoms with Crippen molar-refractivity contribution in [2.24, 2.45) is 0 Å². The molecule has 1 fully saturated rings. The van der Waals surface area contributed by atoms with Gasteiger partial charge >= 0.3 is 0 Å². The van der Waals surface area contributed by atoms with Crippen molar-refractivity contribution in [1.82, 2.24) is 0 Å². The maximum Gasteiger partial charge on any atom is 0.279 e. The second-order valence-electron chi connectivity index (χ2n) is 4.07. The van der Waals surface area contributed by atoms with E-state index in [0.717, 1.165) is 35.6 Å². The van der Waals surface area contributed by atoms with E-state index in [-0.39, 0.29) is 5.91 Å². The molecular weight excluding hydrogens is 331 g/mol. The number of ether oxygens (including phenoxy) is 1. The molecule has 92 valence electrons. The molecule has 0 radical (unpaired) electrons. The van der Waals surface area contributed by atoms with Crippen molar-refractivity contribution in [3.8, 4) is 0 Å². The lowest BCUT2D eigenvalue weighted by molar-refractivity contribution is -0.899. The van der Waals surface area contributed by atoms with E-state index in [1.54, 1.807) is 0 Å². The number of quaternary nitrogens is 1. The maximum atomic E-state index is 11.9. The Bertz CT molecular complexity index is 392. The van der Waals surface area contributed by atoms with Crippen LogP contribution in [0.2, 0.25) is 0 Å². The second-order valence-corrected chi connectivity index (χ2v) is 5.23. The van der Waals surface area contributed by atoms with Gasteiger partial charge in [0.25, 0.3) is 5.91 Å². The lowest BCUT2D eigenvalue weighted by atomic mass is 10.3. The summed E-state index contributed by atoms with van der Waals surface area (Å²) in [5, 5.41) is 2.95. The average Bonchev–Trinajstić information content (AvgIpc) is 2.33. The quantitative estimate of drug-likeness (QED) is 0.765. The van der Waals surface area contributed by atoms with Gasteiger partial charge in [-0.25, -0.2) is 0 Å². The standard InChI is InChI=1S/C12H15IN2O2/c13-10-3-1-2-4-11(10)14-12(16)9-15-5-7-17-8-6-15/h1-4H,5-9H2,(H,14,16)/p+1. The normalized spacial score (nSPS) is 16.8. The molecule has 0 unspecified atom stereocenters. The summed E-state index contributed by atoms with van der Waals surface area (Å²) in [6.07, 6.45) is 0. The van der Waals surface area contributed by atoms with E-state index >= 15 is 0 Å². The molecule has 1 heterocycles. The van der Waals surface area contributed by atoms with Crippen LogP contribution < -0.4 is 10.2 Å². The van der Waals surface area contributed by atoms with Gasteiger partial charge in [0.1, 0.15) is 13.1 Å². The van der Waals surface area contributed by atoms with Gasteiger partial charge < -0.3 is 15.0 Å². The summed E-state index contributed by atoms with van der Waals surface area (Å²) < 4.78 is 6.33. The van der Waals surface area contributed by atoms with Crippen molar-refractivity contribution < 1.29 is 14.4 Å². The van der Waals surface area contributed by atoms with Crippen LogP contribution >= 0.6 is 22.6 Å². The highest BCUT2D eigenvalue weighted by Crippen LogP contribution is 2.16. The van der Waals surface area contributed by atoms with Crippen molar-refractivity contribution in [3.05, 3.63) is 27.8 Å². The largest absolute Gasteiger partial charge is 0.370 e. The Morgan fingerprint density at radius 3 is 2.76 bits per heavy atom. The smallest absolute Gasteiger partial charge is 0.279 e. The zero-order chi connectivity index (χ0) is 12.1. The number of benzene rings is 1. The fourth-order valence-corrected chi connectivity index (χ4v) is 2.34. The number of morpholine rings is 1. The van der Waals surface area contributed by atoms with Gasteiger partial charge in [-0.2, -0.15) is 0 Å². The minimum absolute atomic E-state index is 0.0750. The van der Waals surface area contributed by atoms with Crippen LogP contribution in [0.3, 0.4) is 0 Å². The molecule has 2 N–H and O–H groups in total. The molecule has 0 bridgehead atoms. The van der Waals surface area contributed by atoms with Crippen LogP contribution in [0.15, 0.2) is 24.3 Å². The molecule has 1 aliphatic rings. The first kappa shape index (κ1) is 12.8.